The van der Waals surface area contributed by atoms with Gasteiger partial charge in [-0.05, 0) is 11.1 Å². The van der Waals surface area contributed by atoms with Crippen LogP contribution < -0.4 is 0 Å². The van der Waals surface area contributed by atoms with Crippen LogP contribution in [0.4, 0.5) is 0 Å². The van der Waals surface area contributed by atoms with Gasteiger partial charge in [-0.25, -0.2) is 0 Å². The van der Waals surface area contributed by atoms with Crippen molar-refractivity contribution in [2.75, 3.05) is 32.6 Å². The van der Waals surface area contributed by atoms with E-state index in [2.05, 4.69) is 6.07 Å². The number of benzene rings is 1. The molecule has 2 aliphatic rings. The maximum absolute atomic E-state index is 12.4. The van der Waals surface area contributed by atoms with Crippen LogP contribution in [0.1, 0.15) is 23.7 Å². The molecule has 2 heterocycles. The van der Waals surface area contributed by atoms with E-state index in [0.29, 0.717) is 19.7 Å². The quantitative estimate of drug-likeness (QED) is 0.771. The van der Waals surface area contributed by atoms with Crippen LogP contribution in [0, 0.1) is 5.92 Å². The second kappa shape index (κ2) is 7.36. The summed E-state index contributed by atoms with van der Waals surface area (Å²) in [5, 5.41) is 0. The predicted octanol–water partition coefficient (Wildman–Crippen LogP) is 2.01. The number of carbonyl (C=O) groups is 2. The van der Waals surface area contributed by atoms with E-state index in [1.807, 2.05) is 18.2 Å². The van der Waals surface area contributed by atoms with Crippen molar-refractivity contribution in [2.45, 2.75) is 18.3 Å². The monoisotopic (exact) mass is 335 g/mol. The molecule has 0 saturated carbocycles. The minimum atomic E-state index is -0.363. The number of amides is 1. The summed E-state index contributed by atoms with van der Waals surface area (Å²) in [6.45, 7) is 1.45. The summed E-state index contributed by atoms with van der Waals surface area (Å²) in [5.41, 5.74) is 2.32. The maximum atomic E-state index is 12.4. The molecule has 0 aromatic heterocycles. The zero-order chi connectivity index (χ0) is 16.2. The lowest BCUT2D eigenvalue weighted by Gasteiger charge is -2.26. The van der Waals surface area contributed by atoms with Crippen LogP contribution in [0.2, 0.25) is 0 Å². The average Bonchev–Trinajstić information content (AvgIpc) is 2.94. The Labute approximate surface area is 140 Å². The third kappa shape index (κ3) is 3.70. The van der Waals surface area contributed by atoms with Gasteiger partial charge >= 0.3 is 5.97 Å². The van der Waals surface area contributed by atoms with E-state index >= 15 is 0 Å². The van der Waals surface area contributed by atoms with Crippen molar-refractivity contribution < 1.29 is 19.1 Å². The summed E-state index contributed by atoms with van der Waals surface area (Å²) in [4.78, 5) is 26.1. The summed E-state index contributed by atoms with van der Waals surface area (Å²) in [6, 6.07) is 8.08. The number of thioether (sulfide) groups is 1. The lowest BCUT2D eigenvalue weighted by Crippen LogP contribution is -2.30. The van der Waals surface area contributed by atoms with Gasteiger partial charge in [0, 0.05) is 38.1 Å². The molecule has 2 aliphatic heterocycles. The van der Waals surface area contributed by atoms with Crippen LogP contribution in [0.25, 0.3) is 0 Å². The summed E-state index contributed by atoms with van der Waals surface area (Å²) in [5.74, 6) is 1.11. The third-order valence-corrected chi connectivity index (χ3v) is 5.35. The molecule has 0 spiro atoms. The van der Waals surface area contributed by atoms with Crippen molar-refractivity contribution in [2.24, 2.45) is 5.92 Å². The summed E-state index contributed by atoms with van der Waals surface area (Å²) >= 11 is 1.77. The highest BCUT2D eigenvalue weighted by atomic mass is 32.2. The Kier molecular flexibility index (Phi) is 5.23. The summed E-state index contributed by atoms with van der Waals surface area (Å²) in [6.07, 6.45) is 0.0323. The fourth-order valence-corrected chi connectivity index (χ4v) is 4.09. The van der Waals surface area contributed by atoms with Crippen LogP contribution in [0.5, 0.6) is 0 Å². The molecule has 2 atom stereocenters. The first-order valence-corrected chi connectivity index (χ1v) is 8.97. The number of ether oxygens (including phenoxy) is 2. The maximum Gasteiger partial charge on any atom is 0.311 e. The minimum Gasteiger partial charge on any atom is -0.456 e. The molecule has 1 amide bonds. The van der Waals surface area contributed by atoms with Gasteiger partial charge in [0.15, 0.2) is 0 Å². The first-order valence-electron chi connectivity index (χ1n) is 7.81. The number of fused-ring (bicyclic) bond motifs is 1. The van der Waals surface area contributed by atoms with Crippen molar-refractivity contribution in [1.82, 2.24) is 4.90 Å². The third-order valence-electron chi connectivity index (χ3n) is 4.30. The highest BCUT2D eigenvalue weighted by Gasteiger charge is 2.36. The molecule has 1 fully saturated rings. The molecule has 1 aromatic rings. The standard InChI is InChI=1S/C17H21NO4S/c1-21-7-6-18-9-13(8-16(18)19)17(20)22-15-11-23-10-12-4-2-3-5-14(12)15/h2-5,13,15H,6-11H2,1H3/t13-,15+/m1/s1. The van der Waals surface area contributed by atoms with Crippen molar-refractivity contribution in [3.63, 3.8) is 0 Å². The van der Waals surface area contributed by atoms with Crippen LogP contribution in [-0.4, -0.2) is 49.3 Å². The number of hydrogen-bond acceptors (Lipinski definition) is 5. The van der Waals surface area contributed by atoms with Crippen molar-refractivity contribution in [1.29, 1.82) is 0 Å². The molecule has 0 radical (unpaired) electrons. The smallest absolute Gasteiger partial charge is 0.311 e. The molecule has 3 rings (SSSR count). The van der Waals surface area contributed by atoms with Crippen LogP contribution in [-0.2, 0) is 24.8 Å². The molecule has 1 saturated heterocycles. The van der Waals surface area contributed by atoms with E-state index in [1.54, 1.807) is 23.8 Å². The van der Waals surface area contributed by atoms with Gasteiger partial charge in [-0.2, -0.15) is 11.8 Å². The lowest BCUT2D eigenvalue weighted by atomic mass is 10.0. The van der Waals surface area contributed by atoms with Gasteiger partial charge < -0.3 is 14.4 Å². The Balaban J connectivity index is 1.61. The Hall–Kier alpha value is -1.53. The zero-order valence-corrected chi connectivity index (χ0v) is 14.0. The van der Waals surface area contributed by atoms with E-state index in [-0.39, 0.29) is 30.3 Å². The highest BCUT2D eigenvalue weighted by Crippen LogP contribution is 2.35. The minimum absolute atomic E-state index is 0.00224. The van der Waals surface area contributed by atoms with Gasteiger partial charge in [-0.15, -0.1) is 0 Å². The SMILES string of the molecule is COCCN1C[C@H](C(=O)O[C@H]2CSCc3ccccc32)CC1=O. The Morgan fingerprint density at radius 1 is 1.39 bits per heavy atom. The summed E-state index contributed by atoms with van der Waals surface area (Å²) < 4.78 is 10.7. The Morgan fingerprint density at radius 3 is 3.04 bits per heavy atom. The molecule has 6 heteroatoms. The van der Waals surface area contributed by atoms with Crippen molar-refractivity contribution in [3.05, 3.63) is 35.4 Å². The fourth-order valence-electron chi connectivity index (χ4n) is 3.03. The van der Waals surface area contributed by atoms with Crippen molar-refractivity contribution >= 4 is 23.6 Å². The van der Waals surface area contributed by atoms with Crippen molar-refractivity contribution in [3.8, 4) is 0 Å². The van der Waals surface area contributed by atoms with Crippen LogP contribution in [0.3, 0.4) is 0 Å². The molecule has 0 aliphatic carbocycles. The molecular weight excluding hydrogens is 314 g/mol. The predicted molar refractivity (Wildman–Crippen MR) is 88.0 cm³/mol. The number of methoxy groups -OCH3 is 1. The van der Waals surface area contributed by atoms with Gasteiger partial charge in [-0.1, -0.05) is 24.3 Å². The number of likely N-dealkylation sites (tertiary alicyclic amines) is 1. The first-order chi connectivity index (χ1) is 11.2. The van der Waals surface area contributed by atoms with Gasteiger partial charge in [-0.3, -0.25) is 9.59 Å². The topological polar surface area (TPSA) is 55.8 Å². The van der Waals surface area contributed by atoms with E-state index in [0.717, 1.165) is 17.1 Å². The molecule has 5 nitrogen and oxygen atoms in total. The molecule has 1 aromatic carbocycles. The van der Waals surface area contributed by atoms with Crippen LogP contribution >= 0.6 is 11.8 Å². The van der Waals surface area contributed by atoms with E-state index in [4.69, 9.17) is 9.47 Å². The summed E-state index contributed by atoms with van der Waals surface area (Å²) in [7, 11) is 1.60. The lowest BCUT2D eigenvalue weighted by molar-refractivity contribution is -0.153. The van der Waals surface area contributed by atoms with Gasteiger partial charge in [0.2, 0.25) is 5.91 Å². The van der Waals surface area contributed by atoms with Gasteiger partial charge in [0.1, 0.15) is 6.10 Å². The molecule has 124 valence electrons. The largest absolute Gasteiger partial charge is 0.456 e. The number of carbonyl (C=O) groups excluding carboxylic acids is 2. The Bertz CT molecular complexity index is 592. The van der Waals surface area contributed by atoms with Gasteiger partial charge in [0.25, 0.3) is 0 Å². The first kappa shape index (κ1) is 16.3. The molecule has 0 unspecified atom stereocenters. The number of rotatable bonds is 5. The second-order valence-electron chi connectivity index (χ2n) is 5.87. The number of nitrogens with zero attached hydrogens (tertiary/aromatic N) is 1. The normalized spacial score (nSPS) is 23.7. The molecule has 0 bridgehead atoms. The van der Waals surface area contributed by atoms with Gasteiger partial charge in [0.05, 0.1) is 12.5 Å². The molecule has 0 N–H and O–H groups in total. The molecular formula is C17H21NO4S. The van der Waals surface area contributed by atoms with E-state index in [9.17, 15) is 9.59 Å². The zero-order valence-electron chi connectivity index (χ0n) is 13.2. The molecule has 23 heavy (non-hydrogen) atoms. The number of hydrogen-bond donors (Lipinski definition) is 0. The van der Waals surface area contributed by atoms with E-state index < -0.39 is 0 Å². The second-order valence-corrected chi connectivity index (χ2v) is 6.90. The van der Waals surface area contributed by atoms with E-state index in [1.165, 1.54) is 5.56 Å². The number of esters is 1. The highest BCUT2D eigenvalue weighted by molar-refractivity contribution is 7.98. The van der Waals surface area contributed by atoms with Crippen LogP contribution in [0.15, 0.2) is 24.3 Å². The average molecular weight is 335 g/mol. The fraction of sp³-hybridized carbons (Fsp3) is 0.529. The Morgan fingerprint density at radius 2 is 2.22 bits per heavy atom.